The number of nitrogens with one attached hydrogen (secondary N) is 1. The number of carbonyl (C=O) groups is 1. The molecule has 0 heterocycles. The maximum Gasteiger partial charge on any atom is 0.294 e. The zero-order chi connectivity index (χ0) is 26.7. The Morgan fingerprint density at radius 3 is 2.46 bits per heavy atom. The zero-order valence-electron chi connectivity index (χ0n) is 19.8. The van der Waals surface area contributed by atoms with Gasteiger partial charge in [-0.2, -0.15) is 8.42 Å². The Balaban J connectivity index is 1.84. The van der Waals surface area contributed by atoms with Gasteiger partial charge >= 0.3 is 0 Å². The standard InChI is InChI=1S/C26H22ClN3O6S/c1-3-18-22(37(33,34)35)12-11-21(27)23(18)29-30-24-19-10-5-4-7-15(19)13-20(25(24)31)26(32)28-16-8-6-9-17(14-16)36-2/h4-14,31H,3H2,1-2H3,(H,28,32)(H,33,34,35). The van der Waals surface area contributed by atoms with Crippen LogP contribution in [-0.2, 0) is 16.5 Å². The van der Waals surface area contributed by atoms with Gasteiger partial charge in [-0.1, -0.05) is 48.9 Å². The van der Waals surface area contributed by atoms with Crippen molar-refractivity contribution in [2.75, 3.05) is 12.4 Å². The predicted octanol–water partition coefficient (Wildman–Crippen LogP) is 6.68. The van der Waals surface area contributed by atoms with Gasteiger partial charge in [0, 0.05) is 22.7 Å². The first kappa shape index (κ1) is 26.1. The van der Waals surface area contributed by atoms with E-state index in [-0.39, 0.29) is 38.8 Å². The summed E-state index contributed by atoms with van der Waals surface area (Å²) in [6, 6.07) is 17.7. The summed E-state index contributed by atoms with van der Waals surface area (Å²) in [4.78, 5) is 12.8. The molecular weight excluding hydrogens is 518 g/mol. The molecule has 4 rings (SSSR count). The summed E-state index contributed by atoms with van der Waals surface area (Å²) >= 11 is 6.28. The van der Waals surface area contributed by atoms with E-state index < -0.39 is 21.8 Å². The number of carbonyl (C=O) groups excluding carboxylic acids is 1. The second-order valence-electron chi connectivity index (χ2n) is 7.93. The van der Waals surface area contributed by atoms with Crippen molar-refractivity contribution < 1.29 is 27.6 Å². The molecule has 190 valence electrons. The molecule has 0 saturated heterocycles. The van der Waals surface area contributed by atoms with Crippen molar-refractivity contribution in [3.05, 3.63) is 82.9 Å². The molecule has 4 aromatic carbocycles. The number of methoxy groups -OCH3 is 1. The number of hydrogen-bond acceptors (Lipinski definition) is 7. The Kier molecular flexibility index (Phi) is 7.44. The average molecular weight is 540 g/mol. The van der Waals surface area contributed by atoms with Crippen molar-refractivity contribution in [3.8, 4) is 11.5 Å². The largest absolute Gasteiger partial charge is 0.505 e. The van der Waals surface area contributed by atoms with Gasteiger partial charge in [-0.3, -0.25) is 9.35 Å². The van der Waals surface area contributed by atoms with E-state index >= 15 is 0 Å². The van der Waals surface area contributed by atoms with Crippen LogP contribution in [0, 0.1) is 0 Å². The maximum absolute atomic E-state index is 13.1. The normalized spacial score (nSPS) is 11.7. The molecule has 11 heteroatoms. The number of fused-ring (bicyclic) bond motifs is 1. The number of benzene rings is 4. The molecule has 0 spiro atoms. The Bertz CT molecular complexity index is 1650. The van der Waals surface area contributed by atoms with Gasteiger partial charge in [0.25, 0.3) is 16.0 Å². The van der Waals surface area contributed by atoms with Crippen molar-refractivity contribution in [3.63, 3.8) is 0 Å². The third-order valence-electron chi connectivity index (χ3n) is 5.64. The molecule has 0 bridgehead atoms. The summed E-state index contributed by atoms with van der Waals surface area (Å²) in [5, 5.41) is 23.4. The van der Waals surface area contributed by atoms with E-state index in [9.17, 15) is 22.9 Å². The van der Waals surface area contributed by atoms with Crippen LogP contribution in [0.15, 0.2) is 81.9 Å². The molecule has 9 nitrogen and oxygen atoms in total. The van der Waals surface area contributed by atoms with E-state index in [4.69, 9.17) is 16.3 Å². The van der Waals surface area contributed by atoms with Gasteiger partial charge in [-0.25, -0.2) is 0 Å². The molecular formula is C26H22ClN3O6S. The molecule has 0 aliphatic rings. The van der Waals surface area contributed by atoms with E-state index in [1.165, 1.54) is 25.3 Å². The second-order valence-corrected chi connectivity index (χ2v) is 9.73. The Morgan fingerprint density at radius 2 is 1.76 bits per heavy atom. The fourth-order valence-electron chi connectivity index (χ4n) is 3.87. The van der Waals surface area contributed by atoms with Gasteiger partial charge < -0.3 is 15.2 Å². The topological polar surface area (TPSA) is 138 Å². The summed E-state index contributed by atoms with van der Waals surface area (Å²) in [5.41, 5.74) is 0.582. The van der Waals surface area contributed by atoms with Crippen molar-refractivity contribution in [1.29, 1.82) is 0 Å². The number of halogens is 1. The SMILES string of the molecule is CCc1c(S(=O)(=O)O)ccc(Cl)c1N=Nc1c(O)c(C(=O)Nc2cccc(OC)c2)cc2ccccc12. The fourth-order valence-corrected chi connectivity index (χ4v) is 4.88. The smallest absolute Gasteiger partial charge is 0.294 e. The number of hydrogen-bond donors (Lipinski definition) is 3. The van der Waals surface area contributed by atoms with Gasteiger partial charge in [0.05, 0.1) is 22.6 Å². The highest BCUT2D eigenvalue weighted by molar-refractivity contribution is 7.85. The third-order valence-corrected chi connectivity index (χ3v) is 6.88. The number of ether oxygens (including phenoxy) is 1. The van der Waals surface area contributed by atoms with Gasteiger partial charge in [0.2, 0.25) is 0 Å². The highest BCUT2D eigenvalue weighted by Gasteiger charge is 2.21. The zero-order valence-corrected chi connectivity index (χ0v) is 21.3. The van der Waals surface area contributed by atoms with Gasteiger partial charge in [0.15, 0.2) is 5.75 Å². The first-order valence-corrected chi connectivity index (χ1v) is 12.9. The number of phenolic OH excluding ortho intramolecular Hbond substituents is 1. The van der Waals surface area contributed by atoms with Crippen molar-refractivity contribution in [2.24, 2.45) is 10.2 Å². The monoisotopic (exact) mass is 539 g/mol. The average Bonchev–Trinajstić information content (AvgIpc) is 2.87. The molecule has 0 fully saturated rings. The number of amides is 1. The van der Waals surface area contributed by atoms with Crippen LogP contribution in [0.2, 0.25) is 5.02 Å². The Hall–Kier alpha value is -3.99. The van der Waals surface area contributed by atoms with Crippen LogP contribution >= 0.6 is 11.6 Å². The summed E-state index contributed by atoms with van der Waals surface area (Å²) in [6.07, 6.45) is 0.180. The first-order valence-electron chi connectivity index (χ1n) is 11.0. The minimum Gasteiger partial charge on any atom is -0.505 e. The van der Waals surface area contributed by atoms with Crippen LogP contribution in [0.3, 0.4) is 0 Å². The lowest BCUT2D eigenvalue weighted by atomic mass is 10.0. The lowest BCUT2D eigenvalue weighted by Gasteiger charge is -2.12. The van der Waals surface area contributed by atoms with Gasteiger partial charge in [-0.15, -0.1) is 10.2 Å². The second kappa shape index (κ2) is 10.6. The molecule has 3 N–H and O–H groups in total. The number of aromatic hydroxyl groups is 1. The molecule has 0 atom stereocenters. The van der Waals surface area contributed by atoms with E-state index in [0.717, 1.165) is 0 Å². The lowest BCUT2D eigenvalue weighted by Crippen LogP contribution is -2.12. The van der Waals surface area contributed by atoms with E-state index in [0.29, 0.717) is 22.2 Å². The molecule has 0 saturated carbocycles. The van der Waals surface area contributed by atoms with E-state index in [1.807, 2.05) is 0 Å². The minimum atomic E-state index is -4.53. The van der Waals surface area contributed by atoms with Crippen LogP contribution in [0.5, 0.6) is 11.5 Å². The molecule has 0 aromatic heterocycles. The number of phenols is 1. The summed E-state index contributed by atoms with van der Waals surface area (Å²) < 4.78 is 38.5. The first-order chi connectivity index (χ1) is 17.6. The molecule has 1 amide bonds. The number of nitrogens with zero attached hydrogens (tertiary/aromatic N) is 2. The van der Waals surface area contributed by atoms with Crippen LogP contribution in [0.25, 0.3) is 10.8 Å². The summed E-state index contributed by atoms with van der Waals surface area (Å²) in [5.74, 6) is -0.470. The molecule has 0 radical (unpaired) electrons. The maximum atomic E-state index is 13.1. The van der Waals surface area contributed by atoms with Crippen molar-refractivity contribution in [1.82, 2.24) is 0 Å². The van der Waals surface area contributed by atoms with Crippen molar-refractivity contribution in [2.45, 2.75) is 18.2 Å². The van der Waals surface area contributed by atoms with Crippen LogP contribution in [-0.4, -0.2) is 31.1 Å². The Labute approximate surface area is 218 Å². The van der Waals surface area contributed by atoms with E-state index in [2.05, 4.69) is 15.5 Å². The number of rotatable bonds is 7. The summed E-state index contributed by atoms with van der Waals surface area (Å²) in [7, 11) is -3.03. The number of anilines is 1. The van der Waals surface area contributed by atoms with Crippen LogP contribution in [0.1, 0.15) is 22.8 Å². The Morgan fingerprint density at radius 1 is 1.03 bits per heavy atom. The predicted molar refractivity (Wildman–Crippen MR) is 141 cm³/mol. The quantitative estimate of drug-likeness (QED) is 0.177. The fraction of sp³-hybridized carbons (Fsp3) is 0.115. The van der Waals surface area contributed by atoms with Crippen LogP contribution in [0.4, 0.5) is 17.1 Å². The van der Waals surface area contributed by atoms with Crippen LogP contribution < -0.4 is 10.1 Å². The molecule has 37 heavy (non-hydrogen) atoms. The highest BCUT2D eigenvalue weighted by Crippen LogP contribution is 2.41. The lowest BCUT2D eigenvalue weighted by molar-refractivity contribution is 0.102. The van der Waals surface area contributed by atoms with E-state index in [1.54, 1.807) is 55.5 Å². The molecule has 0 aliphatic heterocycles. The molecule has 0 aliphatic carbocycles. The van der Waals surface area contributed by atoms with Gasteiger partial charge in [-0.05, 0) is 42.1 Å². The molecule has 0 unspecified atom stereocenters. The minimum absolute atomic E-state index is 0.00993. The third kappa shape index (κ3) is 5.41. The van der Waals surface area contributed by atoms with Gasteiger partial charge in [0.1, 0.15) is 17.1 Å². The highest BCUT2D eigenvalue weighted by atomic mass is 35.5. The molecule has 4 aromatic rings. The number of azo groups is 1. The summed E-state index contributed by atoms with van der Waals surface area (Å²) in [6.45, 7) is 1.68. The van der Waals surface area contributed by atoms with Crippen molar-refractivity contribution >= 4 is 55.5 Å².